The predicted molar refractivity (Wildman–Crippen MR) is 89.0 cm³/mol. The number of aromatic nitrogens is 2. The predicted octanol–water partition coefficient (Wildman–Crippen LogP) is 3.75. The van der Waals surface area contributed by atoms with Crippen LogP contribution in [0.25, 0.3) is 11.3 Å². The highest BCUT2D eigenvalue weighted by Gasteiger charge is 2.40. The van der Waals surface area contributed by atoms with Gasteiger partial charge < -0.3 is 9.67 Å². The molecule has 23 heavy (non-hydrogen) atoms. The van der Waals surface area contributed by atoms with Crippen LogP contribution in [0.2, 0.25) is 0 Å². The third kappa shape index (κ3) is 1.77. The molecule has 2 heterocycles. The molecule has 3 atom stereocenters. The van der Waals surface area contributed by atoms with E-state index in [1.165, 1.54) is 16.7 Å². The molecule has 114 valence electrons. The molecular formula is C20H18N2O. The van der Waals surface area contributed by atoms with E-state index in [0.717, 1.165) is 24.1 Å². The second kappa shape index (κ2) is 4.80. The number of aliphatic hydroxyl groups is 1. The van der Waals surface area contributed by atoms with Crippen molar-refractivity contribution in [1.82, 2.24) is 9.55 Å². The number of hydrogen-bond donors (Lipinski definition) is 1. The third-order valence-corrected chi connectivity index (χ3v) is 5.45. The molecule has 0 spiro atoms. The molecule has 3 nitrogen and oxygen atoms in total. The smallest absolute Gasteiger partial charge is 0.0956 e. The first-order valence-electron chi connectivity index (χ1n) is 8.21. The van der Waals surface area contributed by atoms with Crippen molar-refractivity contribution in [3.63, 3.8) is 0 Å². The number of rotatable bonds is 1. The topological polar surface area (TPSA) is 38.1 Å². The fraction of sp³-hybridized carbons (Fsp3) is 0.250. The number of nitrogens with zero attached hydrogens (tertiary/aromatic N) is 2. The fourth-order valence-electron chi connectivity index (χ4n) is 4.40. The van der Waals surface area contributed by atoms with Crippen molar-refractivity contribution in [2.24, 2.45) is 5.92 Å². The highest BCUT2D eigenvalue weighted by molar-refractivity contribution is 5.69. The van der Waals surface area contributed by atoms with E-state index in [2.05, 4.69) is 52.0 Å². The second-order valence-corrected chi connectivity index (χ2v) is 6.56. The van der Waals surface area contributed by atoms with Crippen LogP contribution in [0.5, 0.6) is 0 Å². The number of hydrogen-bond acceptors (Lipinski definition) is 2. The van der Waals surface area contributed by atoms with Gasteiger partial charge in [-0.1, -0.05) is 48.5 Å². The Morgan fingerprint density at radius 2 is 1.78 bits per heavy atom. The molecule has 1 N–H and O–H groups in total. The van der Waals surface area contributed by atoms with Crippen molar-refractivity contribution in [2.45, 2.75) is 25.0 Å². The van der Waals surface area contributed by atoms with E-state index in [9.17, 15) is 5.11 Å². The summed E-state index contributed by atoms with van der Waals surface area (Å²) in [7, 11) is 0. The van der Waals surface area contributed by atoms with Gasteiger partial charge in [-0.05, 0) is 29.5 Å². The second-order valence-electron chi connectivity index (χ2n) is 6.56. The molecule has 5 rings (SSSR count). The van der Waals surface area contributed by atoms with Gasteiger partial charge in [-0.3, -0.25) is 0 Å². The molecule has 0 radical (unpaired) electrons. The lowest BCUT2D eigenvalue weighted by Crippen LogP contribution is -2.28. The number of benzene rings is 2. The molecule has 0 saturated heterocycles. The molecule has 1 aliphatic carbocycles. The highest BCUT2D eigenvalue weighted by Crippen LogP contribution is 2.49. The summed E-state index contributed by atoms with van der Waals surface area (Å²) in [4.78, 5) is 4.34. The molecule has 0 bridgehead atoms. The number of fused-ring (bicyclic) bond motifs is 4. The lowest BCUT2D eigenvalue weighted by Gasteiger charge is -2.35. The minimum Gasteiger partial charge on any atom is -0.388 e. The van der Waals surface area contributed by atoms with Crippen molar-refractivity contribution in [1.29, 1.82) is 0 Å². The van der Waals surface area contributed by atoms with Crippen molar-refractivity contribution in [3.8, 4) is 11.3 Å². The van der Waals surface area contributed by atoms with E-state index in [4.69, 9.17) is 0 Å². The van der Waals surface area contributed by atoms with Crippen molar-refractivity contribution in [2.75, 3.05) is 0 Å². The van der Waals surface area contributed by atoms with Gasteiger partial charge in [0.1, 0.15) is 0 Å². The molecule has 1 aromatic heterocycles. The Morgan fingerprint density at radius 3 is 2.70 bits per heavy atom. The summed E-state index contributed by atoms with van der Waals surface area (Å²) in [5, 5.41) is 11.0. The van der Waals surface area contributed by atoms with Crippen LogP contribution in [0.1, 0.15) is 35.3 Å². The van der Waals surface area contributed by atoms with E-state index in [1.807, 2.05) is 18.6 Å². The van der Waals surface area contributed by atoms with E-state index in [-0.39, 0.29) is 12.0 Å². The average molecular weight is 302 g/mol. The van der Waals surface area contributed by atoms with E-state index in [1.54, 1.807) is 0 Å². The minimum atomic E-state index is -0.425. The van der Waals surface area contributed by atoms with Crippen LogP contribution in [0.15, 0.2) is 61.1 Å². The largest absolute Gasteiger partial charge is 0.388 e. The molecule has 0 fully saturated rings. The zero-order valence-corrected chi connectivity index (χ0v) is 12.8. The number of imidazole rings is 1. The van der Waals surface area contributed by atoms with Crippen LogP contribution in [0, 0.1) is 5.92 Å². The van der Waals surface area contributed by atoms with Crippen LogP contribution >= 0.6 is 0 Å². The van der Waals surface area contributed by atoms with Gasteiger partial charge in [0, 0.05) is 11.5 Å². The van der Waals surface area contributed by atoms with Gasteiger partial charge in [0.2, 0.25) is 0 Å². The van der Waals surface area contributed by atoms with Gasteiger partial charge in [0.25, 0.3) is 0 Å². The number of aliphatic hydroxyl groups excluding tert-OH is 1. The Labute approximate surface area is 135 Å². The maximum Gasteiger partial charge on any atom is 0.0956 e. The highest BCUT2D eigenvalue weighted by atomic mass is 16.3. The Balaban J connectivity index is 1.64. The van der Waals surface area contributed by atoms with Gasteiger partial charge in [-0.2, -0.15) is 0 Å². The number of aryl methyl sites for hydroxylation is 1. The van der Waals surface area contributed by atoms with Gasteiger partial charge in [-0.15, -0.1) is 0 Å². The van der Waals surface area contributed by atoms with Crippen LogP contribution in [-0.2, 0) is 6.42 Å². The van der Waals surface area contributed by atoms with Crippen LogP contribution in [0.4, 0.5) is 0 Å². The van der Waals surface area contributed by atoms with Crippen molar-refractivity contribution < 1.29 is 5.11 Å². The Bertz CT molecular complexity index is 883. The van der Waals surface area contributed by atoms with E-state index in [0.29, 0.717) is 0 Å². The molecule has 0 amide bonds. The molecular weight excluding hydrogens is 284 g/mol. The summed E-state index contributed by atoms with van der Waals surface area (Å²) in [5.41, 5.74) is 6.11. The fourth-order valence-corrected chi connectivity index (χ4v) is 4.40. The van der Waals surface area contributed by atoms with E-state index >= 15 is 0 Å². The van der Waals surface area contributed by atoms with E-state index < -0.39 is 6.10 Å². The lowest BCUT2D eigenvalue weighted by molar-refractivity contribution is 0.0720. The maximum atomic E-state index is 11.0. The summed E-state index contributed by atoms with van der Waals surface area (Å²) in [6, 6.07) is 17.0. The zero-order chi connectivity index (χ0) is 15.4. The Hall–Kier alpha value is -2.39. The first-order valence-corrected chi connectivity index (χ1v) is 8.21. The molecule has 3 heteroatoms. The van der Waals surface area contributed by atoms with Gasteiger partial charge >= 0.3 is 0 Å². The summed E-state index contributed by atoms with van der Waals surface area (Å²) in [6.45, 7) is 0. The summed E-state index contributed by atoms with van der Waals surface area (Å²) in [6.07, 6.45) is 5.44. The van der Waals surface area contributed by atoms with Crippen LogP contribution < -0.4 is 0 Å². The standard InChI is InChI=1S/C20H18N2O/c23-20-14-6-2-1-5-13(14)9-10-17(20)19-16-8-4-3-7-15(16)18-11-21-12-22(18)19/h1-8,11-12,17,19-20,23H,9-10H2/t17-,19-,20+/m0/s1. The van der Waals surface area contributed by atoms with Gasteiger partial charge in [0.15, 0.2) is 0 Å². The maximum absolute atomic E-state index is 11.0. The molecule has 0 unspecified atom stereocenters. The minimum absolute atomic E-state index is 0.173. The third-order valence-electron chi connectivity index (χ3n) is 5.45. The molecule has 0 saturated carbocycles. The summed E-state index contributed by atoms with van der Waals surface area (Å²) >= 11 is 0. The molecule has 2 aromatic carbocycles. The lowest BCUT2D eigenvalue weighted by atomic mass is 9.76. The monoisotopic (exact) mass is 302 g/mol. The SMILES string of the molecule is O[C@@H]1c2ccccc2CC[C@H]1[C@@H]1c2ccccc2-c2cncn21. The Morgan fingerprint density at radius 1 is 1.00 bits per heavy atom. The zero-order valence-electron chi connectivity index (χ0n) is 12.8. The summed E-state index contributed by atoms with van der Waals surface area (Å²) in [5.74, 6) is 0.182. The first kappa shape index (κ1) is 13.1. The van der Waals surface area contributed by atoms with Crippen molar-refractivity contribution >= 4 is 0 Å². The molecule has 1 aliphatic heterocycles. The quantitative estimate of drug-likeness (QED) is 0.743. The van der Waals surface area contributed by atoms with Crippen molar-refractivity contribution in [3.05, 3.63) is 77.7 Å². The normalized spacial score (nSPS) is 24.8. The van der Waals surface area contributed by atoms with Gasteiger partial charge in [-0.25, -0.2) is 4.98 Å². The Kier molecular flexibility index (Phi) is 2.73. The molecule has 2 aliphatic rings. The summed E-state index contributed by atoms with van der Waals surface area (Å²) < 4.78 is 2.24. The van der Waals surface area contributed by atoms with Crippen LogP contribution in [0.3, 0.4) is 0 Å². The van der Waals surface area contributed by atoms with Gasteiger partial charge in [0.05, 0.1) is 30.4 Å². The average Bonchev–Trinajstić information content (AvgIpc) is 3.17. The molecule has 3 aromatic rings. The first-order chi connectivity index (χ1) is 11.3. The van der Waals surface area contributed by atoms with Crippen LogP contribution in [-0.4, -0.2) is 14.7 Å².